The van der Waals surface area contributed by atoms with Crippen molar-refractivity contribution in [2.75, 3.05) is 5.33 Å². The Bertz CT molecular complexity index is 279. The minimum absolute atomic E-state index is 0.441. The van der Waals surface area contributed by atoms with Gasteiger partial charge in [0.05, 0.1) is 11.2 Å². The Kier molecular flexibility index (Phi) is 4.58. The van der Waals surface area contributed by atoms with Gasteiger partial charge in [0.15, 0.2) is 0 Å². The van der Waals surface area contributed by atoms with Crippen LogP contribution in [0.2, 0.25) is 0 Å². The summed E-state index contributed by atoms with van der Waals surface area (Å²) in [6.07, 6.45) is 3.65. The molecule has 80 valence electrons. The van der Waals surface area contributed by atoms with Gasteiger partial charge in [-0.15, -0.1) is 11.3 Å². The summed E-state index contributed by atoms with van der Waals surface area (Å²) < 4.78 is 0. The highest BCUT2D eigenvalue weighted by Crippen LogP contribution is 2.30. The van der Waals surface area contributed by atoms with Crippen molar-refractivity contribution in [3.63, 3.8) is 0 Å². The van der Waals surface area contributed by atoms with Crippen molar-refractivity contribution in [2.24, 2.45) is 5.41 Å². The number of alkyl halides is 1. The molecule has 1 heterocycles. The quantitative estimate of drug-likeness (QED) is 0.735. The summed E-state index contributed by atoms with van der Waals surface area (Å²) in [6.45, 7) is 6.71. The normalized spacial score (nSPS) is 15.4. The van der Waals surface area contributed by atoms with E-state index in [4.69, 9.17) is 0 Å². The van der Waals surface area contributed by atoms with Crippen molar-refractivity contribution < 1.29 is 0 Å². The average molecular weight is 276 g/mol. The van der Waals surface area contributed by atoms with E-state index >= 15 is 0 Å². The lowest BCUT2D eigenvalue weighted by atomic mass is 9.85. The number of aromatic nitrogens is 1. The van der Waals surface area contributed by atoms with E-state index in [1.165, 1.54) is 29.8 Å². The van der Waals surface area contributed by atoms with Crippen LogP contribution >= 0.6 is 27.3 Å². The van der Waals surface area contributed by atoms with Gasteiger partial charge in [0.2, 0.25) is 0 Å². The van der Waals surface area contributed by atoms with Gasteiger partial charge in [-0.3, -0.25) is 0 Å². The number of rotatable bonds is 5. The summed E-state index contributed by atoms with van der Waals surface area (Å²) in [7, 11) is 0. The summed E-state index contributed by atoms with van der Waals surface area (Å²) in [5, 5.41) is 1.09. The van der Waals surface area contributed by atoms with E-state index in [1.54, 1.807) is 11.3 Å². The summed E-state index contributed by atoms with van der Waals surface area (Å²) >= 11 is 5.39. The summed E-state index contributed by atoms with van der Waals surface area (Å²) in [4.78, 5) is 5.73. The number of halogens is 1. The van der Waals surface area contributed by atoms with Crippen LogP contribution in [0.1, 0.15) is 37.3 Å². The first kappa shape index (κ1) is 12.2. The predicted octanol–water partition coefficient (Wildman–Crippen LogP) is 4.20. The third-order valence-electron chi connectivity index (χ3n) is 2.98. The Morgan fingerprint density at radius 3 is 2.71 bits per heavy atom. The van der Waals surface area contributed by atoms with E-state index < -0.39 is 0 Å². The second-order valence-corrected chi connectivity index (χ2v) is 5.66. The monoisotopic (exact) mass is 275 g/mol. The first-order chi connectivity index (χ1) is 6.61. The lowest BCUT2D eigenvalue weighted by molar-refractivity contribution is 0.334. The molecule has 0 saturated carbocycles. The van der Waals surface area contributed by atoms with Gasteiger partial charge in [-0.1, -0.05) is 29.8 Å². The number of hydrogen-bond donors (Lipinski definition) is 0. The van der Waals surface area contributed by atoms with E-state index in [0.29, 0.717) is 5.41 Å². The van der Waals surface area contributed by atoms with Crippen LogP contribution in [0, 0.1) is 12.3 Å². The molecular formula is C11H18BrNS. The van der Waals surface area contributed by atoms with Gasteiger partial charge in [0.1, 0.15) is 0 Å². The van der Waals surface area contributed by atoms with Gasteiger partial charge >= 0.3 is 0 Å². The van der Waals surface area contributed by atoms with Gasteiger partial charge in [-0.2, -0.15) is 0 Å². The van der Waals surface area contributed by atoms with Crippen molar-refractivity contribution in [2.45, 2.75) is 40.0 Å². The predicted molar refractivity (Wildman–Crippen MR) is 67.4 cm³/mol. The molecule has 0 amide bonds. The van der Waals surface area contributed by atoms with Crippen LogP contribution in [0.3, 0.4) is 0 Å². The van der Waals surface area contributed by atoms with Crippen molar-refractivity contribution >= 4 is 27.3 Å². The molecule has 0 aromatic carbocycles. The zero-order valence-corrected chi connectivity index (χ0v) is 11.5. The molecule has 0 bridgehead atoms. The van der Waals surface area contributed by atoms with Gasteiger partial charge in [0.25, 0.3) is 0 Å². The number of hydrogen-bond acceptors (Lipinski definition) is 2. The molecule has 1 unspecified atom stereocenters. The summed E-state index contributed by atoms with van der Waals surface area (Å²) in [5.41, 5.74) is 3.60. The Hall–Kier alpha value is 0.110. The highest BCUT2D eigenvalue weighted by atomic mass is 79.9. The second kappa shape index (κ2) is 5.26. The number of thiazole rings is 1. The van der Waals surface area contributed by atoms with Gasteiger partial charge in [0, 0.05) is 10.2 Å². The molecule has 0 radical (unpaired) electrons. The molecule has 0 aliphatic heterocycles. The van der Waals surface area contributed by atoms with Crippen LogP contribution < -0.4 is 0 Å². The van der Waals surface area contributed by atoms with E-state index in [2.05, 4.69) is 41.7 Å². The third-order valence-corrected chi connectivity index (χ3v) is 5.33. The van der Waals surface area contributed by atoms with Crippen molar-refractivity contribution in [3.8, 4) is 0 Å². The summed E-state index contributed by atoms with van der Waals surface area (Å²) in [6, 6.07) is 0. The second-order valence-electron chi connectivity index (χ2n) is 4.16. The highest BCUT2D eigenvalue weighted by molar-refractivity contribution is 9.09. The topological polar surface area (TPSA) is 12.9 Å². The van der Waals surface area contributed by atoms with Crippen LogP contribution in [0.4, 0.5) is 0 Å². The molecule has 1 atom stereocenters. The van der Waals surface area contributed by atoms with E-state index in [-0.39, 0.29) is 0 Å². The van der Waals surface area contributed by atoms with E-state index in [0.717, 1.165) is 5.33 Å². The average Bonchev–Trinajstić information content (AvgIpc) is 2.61. The molecule has 14 heavy (non-hydrogen) atoms. The Morgan fingerprint density at radius 2 is 2.29 bits per heavy atom. The summed E-state index contributed by atoms with van der Waals surface area (Å²) in [5.74, 6) is 0. The standard InChI is InChI=1S/C11H18BrNS/c1-4-11(3,7-12)6-5-10-9(2)13-8-14-10/h8H,4-7H2,1-3H3. The molecule has 0 spiro atoms. The maximum atomic E-state index is 4.28. The first-order valence-electron chi connectivity index (χ1n) is 5.06. The fourth-order valence-electron chi connectivity index (χ4n) is 1.32. The molecule has 0 aliphatic rings. The van der Waals surface area contributed by atoms with Crippen LogP contribution in [-0.4, -0.2) is 10.3 Å². The fraction of sp³-hybridized carbons (Fsp3) is 0.727. The Morgan fingerprint density at radius 1 is 1.57 bits per heavy atom. The fourth-order valence-corrected chi connectivity index (χ4v) is 2.78. The Labute approximate surface area is 99.1 Å². The molecule has 1 rings (SSSR count). The number of nitrogens with zero attached hydrogens (tertiary/aromatic N) is 1. The largest absolute Gasteiger partial charge is 0.250 e. The molecule has 1 aromatic heterocycles. The van der Waals surface area contributed by atoms with Gasteiger partial charge in [-0.05, 0) is 31.6 Å². The third kappa shape index (κ3) is 3.06. The zero-order valence-electron chi connectivity index (χ0n) is 9.14. The van der Waals surface area contributed by atoms with Crippen molar-refractivity contribution in [3.05, 3.63) is 16.1 Å². The molecular weight excluding hydrogens is 258 g/mol. The van der Waals surface area contributed by atoms with Crippen LogP contribution in [0.25, 0.3) is 0 Å². The zero-order chi connectivity index (χ0) is 10.6. The molecule has 0 aliphatic carbocycles. The lowest BCUT2D eigenvalue weighted by Gasteiger charge is -2.25. The van der Waals surface area contributed by atoms with Gasteiger partial charge < -0.3 is 0 Å². The smallest absolute Gasteiger partial charge is 0.0797 e. The molecule has 1 nitrogen and oxygen atoms in total. The maximum absolute atomic E-state index is 4.28. The minimum atomic E-state index is 0.441. The van der Waals surface area contributed by atoms with E-state index in [1.807, 2.05) is 5.51 Å². The van der Waals surface area contributed by atoms with Crippen LogP contribution in [-0.2, 0) is 6.42 Å². The molecule has 1 aromatic rings. The first-order valence-corrected chi connectivity index (χ1v) is 7.06. The molecule has 0 saturated heterocycles. The SMILES string of the molecule is CCC(C)(CBr)CCc1scnc1C. The van der Waals surface area contributed by atoms with Crippen molar-refractivity contribution in [1.82, 2.24) is 4.98 Å². The minimum Gasteiger partial charge on any atom is -0.250 e. The Balaban J connectivity index is 2.52. The highest BCUT2D eigenvalue weighted by Gasteiger charge is 2.20. The molecule has 3 heteroatoms. The number of aryl methyl sites for hydroxylation is 2. The van der Waals surface area contributed by atoms with Crippen LogP contribution in [0.5, 0.6) is 0 Å². The lowest BCUT2D eigenvalue weighted by Crippen LogP contribution is -2.17. The van der Waals surface area contributed by atoms with Crippen LogP contribution in [0.15, 0.2) is 5.51 Å². The van der Waals surface area contributed by atoms with Gasteiger partial charge in [-0.25, -0.2) is 4.98 Å². The van der Waals surface area contributed by atoms with Crippen molar-refractivity contribution in [1.29, 1.82) is 0 Å². The van der Waals surface area contributed by atoms with E-state index in [9.17, 15) is 0 Å². The molecule has 0 N–H and O–H groups in total. The maximum Gasteiger partial charge on any atom is 0.0797 e. The molecule has 0 fully saturated rings.